The molecule has 2 heterocycles. The van der Waals surface area contributed by atoms with Crippen molar-refractivity contribution in [1.82, 2.24) is 0 Å². The van der Waals surface area contributed by atoms with E-state index in [0.717, 1.165) is 6.42 Å². The van der Waals surface area contributed by atoms with Gasteiger partial charge in [0.15, 0.2) is 0 Å². The predicted octanol–water partition coefficient (Wildman–Crippen LogP) is 1.27. The lowest BCUT2D eigenvalue weighted by molar-refractivity contribution is 0.128. The summed E-state index contributed by atoms with van der Waals surface area (Å²) in [5, 5.41) is 0. The molecule has 2 aliphatic heterocycles. The van der Waals surface area contributed by atoms with Crippen LogP contribution in [0.25, 0.3) is 0 Å². The first-order chi connectivity index (χ1) is 3.86. The third-order valence-corrected chi connectivity index (χ3v) is 1.69. The first-order valence-electron chi connectivity index (χ1n) is 2.88. The molecule has 2 rings (SSSR count). The average molecular weight is 108 g/mol. The van der Waals surface area contributed by atoms with E-state index in [-0.39, 0.29) is 6.10 Å². The Kier molecular flexibility index (Phi) is 0.667. The highest BCUT2D eigenvalue weighted by atomic mass is 16.5. The Morgan fingerprint density at radius 3 is 2.75 bits per heavy atom. The largest absolute Gasteiger partial charge is 0.362 e. The standard InChI is InChI=1S/C7H8O/c1-5-4-6-2-3-7(5)8-6/h2-3,6-7H,1,4H2. The molecule has 2 bridgehead atoms. The van der Waals surface area contributed by atoms with Crippen LogP contribution in [0.1, 0.15) is 6.42 Å². The molecule has 0 aromatic heterocycles. The first kappa shape index (κ1) is 4.33. The highest BCUT2D eigenvalue weighted by molar-refractivity contribution is 5.25. The van der Waals surface area contributed by atoms with Crippen LogP contribution in [-0.4, -0.2) is 12.2 Å². The molecule has 2 atom stereocenters. The fourth-order valence-electron chi connectivity index (χ4n) is 1.23. The Labute approximate surface area is 48.7 Å². The van der Waals surface area contributed by atoms with Crippen LogP contribution in [0.2, 0.25) is 0 Å². The summed E-state index contributed by atoms with van der Waals surface area (Å²) in [6.07, 6.45) is 5.87. The predicted molar refractivity (Wildman–Crippen MR) is 31.6 cm³/mol. The second-order valence-corrected chi connectivity index (χ2v) is 2.34. The van der Waals surface area contributed by atoms with Crippen molar-refractivity contribution in [3.8, 4) is 0 Å². The van der Waals surface area contributed by atoms with Gasteiger partial charge in [-0.3, -0.25) is 0 Å². The van der Waals surface area contributed by atoms with E-state index in [0.29, 0.717) is 6.10 Å². The molecule has 1 fully saturated rings. The lowest BCUT2D eigenvalue weighted by atomic mass is 10.0. The Balaban J connectivity index is 2.35. The second kappa shape index (κ2) is 1.23. The van der Waals surface area contributed by atoms with Crippen LogP contribution in [0.4, 0.5) is 0 Å². The summed E-state index contributed by atoms with van der Waals surface area (Å²) in [6, 6.07) is 0. The molecule has 0 saturated carbocycles. The van der Waals surface area contributed by atoms with Crippen LogP contribution in [0.15, 0.2) is 24.3 Å². The molecule has 0 radical (unpaired) electrons. The molecule has 0 amide bonds. The number of hydrogen-bond acceptors (Lipinski definition) is 1. The van der Waals surface area contributed by atoms with Crippen LogP contribution in [0, 0.1) is 0 Å². The topological polar surface area (TPSA) is 9.23 Å². The van der Waals surface area contributed by atoms with Crippen LogP contribution >= 0.6 is 0 Å². The van der Waals surface area contributed by atoms with Gasteiger partial charge in [0.2, 0.25) is 0 Å². The van der Waals surface area contributed by atoms with Crippen LogP contribution in [0.3, 0.4) is 0 Å². The average Bonchev–Trinajstić information content (AvgIpc) is 2.23. The van der Waals surface area contributed by atoms with E-state index < -0.39 is 0 Å². The van der Waals surface area contributed by atoms with Gasteiger partial charge in [-0.2, -0.15) is 0 Å². The summed E-state index contributed by atoms with van der Waals surface area (Å²) in [7, 11) is 0. The summed E-state index contributed by atoms with van der Waals surface area (Å²) in [5.74, 6) is 0. The van der Waals surface area contributed by atoms with E-state index in [1.54, 1.807) is 0 Å². The van der Waals surface area contributed by atoms with Crippen molar-refractivity contribution in [2.24, 2.45) is 0 Å². The molecular formula is C7H8O. The Morgan fingerprint density at radius 1 is 1.62 bits per heavy atom. The van der Waals surface area contributed by atoms with E-state index in [1.807, 2.05) is 0 Å². The zero-order valence-electron chi connectivity index (χ0n) is 4.63. The third kappa shape index (κ3) is 0.397. The van der Waals surface area contributed by atoms with E-state index in [9.17, 15) is 0 Å². The van der Waals surface area contributed by atoms with Gasteiger partial charge in [0, 0.05) is 6.42 Å². The summed E-state index contributed by atoms with van der Waals surface area (Å²) in [6.45, 7) is 3.86. The van der Waals surface area contributed by atoms with Gasteiger partial charge in [-0.05, 0) is 5.57 Å². The maximum atomic E-state index is 5.37. The minimum absolute atomic E-state index is 0.264. The van der Waals surface area contributed by atoms with Gasteiger partial charge in [0.25, 0.3) is 0 Å². The summed E-state index contributed by atoms with van der Waals surface area (Å²) in [5.41, 5.74) is 1.23. The van der Waals surface area contributed by atoms with E-state index >= 15 is 0 Å². The molecule has 2 aliphatic rings. The number of rotatable bonds is 0. The molecule has 1 heteroatoms. The molecule has 0 aromatic carbocycles. The van der Waals surface area contributed by atoms with Crippen molar-refractivity contribution in [2.75, 3.05) is 0 Å². The lowest BCUT2D eigenvalue weighted by Crippen LogP contribution is -1.97. The van der Waals surface area contributed by atoms with Crippen molar-refractivity contribution in [2.45, 2.75) is 18.6 Å². The van der Waals surface area contributed by atoms with Gasteiger partial charge in [-0.1, -0.05) is 18.7 Å². The molecule has 42 valence electrons. The molecule has 0 N–H and O–H groups in total. The molecule has 0 aromatic rings. The van der Waals surface area contributed by atoms with Crippen molar-refractivity contribution < 1.29 is 4.74 Å². The van der Waals surface area contributed by atoms with Crippen molar-refractivity contribution in [1.29, 1.82) is 0 Å². The summed E-state index contributed by atoms with van der Waals surface area (Å²) < 4.78 is 5.37. The molecule has 0 aliphatic carbocycles. The van der Waals surface area contributed by atoms with Gasteiger partial charge < -0.3 is 4.74 Å². The maximum Gasteiger partial charge on any atom is 0.0974 e. The fourth-order valence-corrected chi connectivity index (χ4v) is 1.23. The minimum Gasteiger partial charge on any atom is -0.362 e. The van der Waals surface area contributed by atoms with E-state index in [4.69, 9.17) is 4.74 Å². The highest BCUT2D eigenvalue weighted by Gasteiger charge is 2.29. The van der Waals surface area contributed by atoms with Gasteiger partial charge >= 0.3 is 0 Å². The third-order valence-electron chi connectivity index (χ3n) is 1.69. The smallest absolute Gasteiger partial charge is 0.0974 e. The van der Waals surface area contributed by atoms with E-state index in [1.165, 1.54) is 5.57 Å². The van der Waals surface area contributed by atoms with Gasteiger partial charge in [-0.25, -0.2) is 0 Å². The number of hydrogen-bond donors (Lipinski definition) is 0. The maximum absolute atomic E-state index is 5.37. The second-order valence-electron chi connectivity index (χ2n) is 2.34. The molecule has 1 saturated heterocycles. The van der Waals surface area contributed by atoms with Crippen LogP contribution < -0.4 is 0 Å². The monoisotopic (exact) mass is 108 g/mol. The number of ether oxygens (including phenoxy) is 1. The Bertz CT molecular complexity index is 158. The molecule has 1 nitrogen and oxygen atoms in total. The van der Waals surface area contributed by atoms with Gasteiger partial charge in [0.1, 0.15) is 0 Å². The quantitative estimate of drug-likeness (QED) is 0.424. The molecular weight excluding hydrogens is 100 g/mol. The Morgan fingerprint density at radius 2 is 2.50 bits per heavy atom. The zero-order chi connectivity index (χ0) is 5.56. The normalized spacial score (nSPS) is 41.8. The molecule has 8 heavy (non-hydrogen) atoms. The fraction of sp³-hybridized carbons (Fsp3) is 0.429. The Hall–Kier alpha value is -0.560. The summed E-state index contributed by atoms with van der Waals surface area (Å²) in [4.78, 5) is 0. The van der Waals surface area contributed by atoms with E-state index in [2.05, 4.69) is 18.7 Å². The molecule has 2 unspecified atom stereocenters. The highest BCUT2D eigenvalue weighted by Crippen LogP contribution is 2.31. The first-order valence-corrected chi connectivity index (χ1v) is 2.88. The molecule has 0 spiro atoms. The minimum atomic E-state index is 0.264. The SMILES string of the molecule is C=C1CC2C=CC1O2. The van der Waals surface area contributed by atoms with Gasteiger partial charge in [-0.15, -0.1) is 0 Å². The zero-order valence-corrected chi connectivity index (χ0v) is 4.63. The number of fused-ring (bicyclic) bond motifs is 2. The lowest BCUT2D eigenvalue weighted by Gasteiger charge is -1.98. The van der Waals surface area contributed by atoms with Crippen LogP contribution in [-0.2, 0) is 4.74 Å². The van der Waals surface area contributed by atoms with Crippen molar-refractivity contribution in [3.63, 3.8) is 0 Å². The summed E-state index contributed by atoms with van der Waals surface area (Å²) >= 11 is 0. The van der Waals surface area contributed by atoms with Gasteiger partial charge in [0.05, 0.1) is 12.2 Å². The van der Waals surface area contributed by atoms with Crippen molar-refractivity contribution >= 4 is 0 Å². The van der Waals surface area contributed by atoms with Crippen molar-refractivity contribution in [3.05, 3.63) is 24.3 Å². The van der Waals surface area contributed by atoms with Crippen LogP contribution in [0.5, 0.6) is 0 Å².